The van der Waals surface area contributed by atoms with Crippen molar-refractivity contribution in [1.82, 2.24) is 10.4 Å². The Morgan fingerprint density at radius 2 is 1.69 bits per heavy atom. The number of thiazole rings is 1. The van der Waals surface area contributed by atoms with E-state index in [0.29, 0.717) is 30.3 Å². The third kappa shape index (κ3) is 7.37. The van der Waals surface area contributed by atoms with E-state index in [1.165, 1.54) is 22.3 Å². The summed E-state index contributed by atoms with van der Waals surface area (Å²) in [6.45, 7) is 4.89. The summed E-state index contributed by atoms with van der Waals surface area (Å²) in [6, 6.07) is 35.5. The Balaban J connectivity index is 1.06. The number of hydrogen-bond acceptors (Lipinski definition) is 7. The van der Waals surface area contributed by atoms with Gasteiger partial charge in [-0.05, 0) is 78.2 Å². The zero-order valence-electron chi connectivity index (χ0n) is 25.0. The molecule has 2 N–H and O–H groups in total. The maximum Gasteiger partial charge on any atom is 0.271 e. The number of benzene rings is 5. The molecule has 0 fully saturated rings. The average molecular weight is 613 g/mol. The van der Waals surface area contributed by atoms with E-state index >= 15 is 0 Å². The van der Waals surface area contributed by atoms with E-state index in [0.717, 1.165) is 38.6 Å². The summed E-state index contributed by atoms with van der Waals surface area (Å²) in [5.74, 6) is 0.949. The van der Waals surface area contributed by atoms with Gasteiger partial charge in [0.2, 0.25) is 0 Å². The molecule has 7 nitrogen and oxygen atoms in total. The summed E-state index contributed by atoms with van der Waals surface area (Å²) in [6.07, 6.45) is 1.58. The van der Waals surface area contributed by atoms with E-state index in [1.807, 2.05) is 73.0 Å². The van der Waals surface area contributed by atoms with Crippen molar-refractivity contribution in [1.29, 1.82) is 0 Å². The number of aromatic nitrogens is 1. The molecule has 0 aliphatic carbocycles. The first-order valence-electron chi connectivity index (χ1n) is 14.6. The SMILES string of the molecule is CCOc1cc(/C=N\NC(=O)c2ccc(-c3csc(Nc4ccc(C)cc4)n3)cc2)ccc1OCc1cccc2ccccc12. The normalized spacial score (nSPS) is 11.1. The van der Waals surface area contributed by atoms with Crippen molar-refractivity contribution in [2.75, 3.05) is 11.9 Å². The molecule has 6 aromatic rings. The number of fused-ring (bicyclic) bond motifs is 1. The monoisotopic (exact) mass is 612 g/mol. The van der Waals surface area contributed by atoms with E-state index in [4.69, 9.17) is 9.47 Å². The highest BCUT2D eigenvalue weighted by molar-refractivity contribution is 7.14. The minimum absolute atomic E-state index is 0.308. The number of amides is 1. The molecular weight excluding hydrogens is 580 g/mol. The van der Waals surface area contributed by atoms with E-state index in [-0.39, 0.29) is 5.91 Å². The largest absolute Gasteiger partial charge is 0.490 e. The minimum Gasteiger partial charge on any atom is -0.490 e. The van der Waals surface area contributed by atoms with E-state index in [1.54, 1.807) is 18.3 Å². The average Bonchev–Trinajstić information content (AvgIpc) is 3.54. The second-order valence-electron chi connectivity index (χ2n) is 10.4. The number of aryl methyl sites for hydroxylation is 1. The number of carbonyl (C=O) groups excluding carboxylic acids is 1. The lowest BCUT2D eigenvalue weighted by Gasteiger charge is -2.13. The second kappa shape index (κ2) is 13.9. The van der Waals surface area contributed by atoms with Crippen LogP contribution in [0.4, 0.5) is 10.8 Å². The predicted molar refractivity (Wildman–Crippen MR) is 183 cm³/mol. The predicted octanol–water partition coefficient (Wildman–Crippen LogP) is 8.76. The fourth-order valence-corrected chi connectivity index (χ4v) is 5.55. The molecule has 0 unspecified atom stereocenters. The number of nitrogens with one attached hydrogen (secondary N) is 2. The van der Waals surface area contributed by atoms with Gasteiger partial charge >= 0.3 is 0 Å². The summed E-state index contributed by atoms with van der Waals surface area (Å²) in [7, 11) is 0. The van der Waals surface area contributed by atoms with Gasteiger partial charge in [0.25, 0.3) is 5.91 Å². The number of nitrogens with zero attached hydrogens (tertiary/aromatic N) is 2. The molecule has 0 spiro atoms. The van der Waals surface area contributed by atoms with Crippen LogP contribution in [0.3, 0.4) is 0 Å². The van der Waals surface area contributed by atoms with Gasteiger partial charge in [0.15, 0.2) is 16.6 Å². The highest BCUT2D eigenvalue weighted by atomic mass is 32.1. The number of carbonyl (C=O) groups is 1. The third-order valence-corrected chi connectivity index (χ3v) is 7.92. The molecule has 1 heterocycles. The quantitative estimate of drug-likeness (QED) is 0.113. The van der Waals surface area contributed by atoms with Crippen molar-refractivity contribution in [3.63, 3.8) is 0 Å². The Hall–Kier alpha value is -5.47. The van der Waals surface area contributed by atoms with Crippen LogP contribution in [0.1, 0.15) is 34.0 Å². The Morgan fingerprint density at radius 1 is 0.889 bits per heavy atom. The summed E-state index contributed by atoms with van der Waals surface area (Å²) in [5, 5.41) is 12.6. The summed E-state index contributed by atoms with van der Waals surface area (Å²) < 4.78 is 12.0. The van der Waals surface area contributed by atoms with Gasteiger partial charge in [-0.1, -0.05) is 72.3 Å². The molecule has 0 saturated heterocycles. The number of anilines is 2. The maximum atomic E-state index is 12.8. The Bertz CT molecular complexity index is 1940. The molecule has 1 aromatic heterocycles. The van der Waals surface area contributed by atoms with Gasteiger partial charge in [-0.2, -0.15) is 5.10 Å². The molecule has 1 amide bonds. The molecule has 8 heteroatoms. The van der Waals surface area contributed by atoms with Crippen molar-refractivity contribution in [3.8, 4) is 22.8 Å². The zero-order chi connectivity index (χ0) is 31.0. The molecule has 0 saturated carbocycles. The fourth-order valence-electron chi connectivity index (χ4n) is 4.81. The topological polar surface area (TPSA) is 84.8 Å². The van der Waals surface area contributed by atoms with E-state index in [9.17, 15) is 4.79 Å². The Kier molecular flexibility index (Phi) is 9.13. The molecule has 6 rings (SSSR count). The van der Waals surface area contributed by atoms with Crippen LogP contribution >= 0.6 is 11.3 Å². The van der Waals surface area contributed by atoms with Gasteiger partial charge in [-0.25, -0.2) is 10.4 Å². The number of hydrazone groups is 1. The first-order valence-corrected chi connectivity index (χ1v) is 15.5. The van der Waals surface area contributed by atoms with Crippen LogP contribution in [0.5, 0.6) is 11.5 Å². The molecule has 0 atom stereocenters. The lowest BCUT2D eigenvalue weighted by molar-refractivity contribution is 0.0955. The van der Waals surface area contributed by atoms with Crippen LogP contribution in [-0.4, -0.2) is 23.7 Å². The second-order valence-corrected chi connectivity index (χ2v) is 11.2. The number of ether oxygens (including phenoxy) is 2. The van der Waals surface area contributed by atoms with Crippen LogP contribution in [0, 0.1) is 6.92 Å². The Morgan fingerprint density at radius 3 is 2.51 bits per heavy atom. The molecule has 0 radical (unpaired) electrons. The van der Waals surface area contributed by atoms with Crippen LogP contribution in [0.15, 0.2) is 120 Å². The van der Waals surface area contributed by atoms with Crippen molar-refractivity contribution >= 4 is 45.0 Å². The summed E-state index contributed by atoms with van der Waals surface area (Å²) >= 11 is 1.53. The fraction of sp³-hybridized carbons (Fsp3) is 0.108. The van der Waals surface area contributed by atoms with Crippen LogP contribution < -0.4 is 20.2 Å². The van der Waals surface area contributed by atoms with Gasteiger partial charge < -0.3 is 14.8 Å². The van der Waals surface area contributed by atoms with Crippen molar-refractivity contribution in [2.45, 2.75) is 20.5 Å². The van der Waals surface area contributed by atoms with Crippen molar-refractivity contribution < 1.29 is 14.3 Å². The van der Waals surface area contributed by atoms with Gasteiger partial charge in [0, 0.05) is 22.2 Å². The van der Waals surface area contributed by atoms with Gasteiger partial charge in [-0.3, -0.25) is 4.79 Å². The molecule has 0 bridgehead atoms. The van der Waals surface area contributed by atoms with Crippen LogP contribution in [0.2, 0.25) is 0 Å². The smallest absolute Gasteiger partial charge is 0.271 e. The number of hydrogen-bond donors (Lipinski definition) is 2. The van der Waals surface area contributed by atoms with E-state index < -0.39 is 0 Å². The standard InChI is InChI=1S/C37H32N4O3S/c1-3-43-35-21-26(13-20-34(35)44-23-30-9-6-8-27-7-4-5-10-32(27)30)22-38-41-36(42)29-16-14-28(15-17-29)33-24-45-37(40-33)39-31-18-11-25(2)12-19-31/h4-22,24H,3,23H2,1-2H3,(H,39,40)(H,41,42)/b38-22-. The van der Waals surface area contributed by atoms with Crippen molar-refractivity contribution in [2.24, 2.45) is 5.10 Å². The molecule has 45 heavy (non-hydrogen) atoms. The molecular formula is C37H32N4O3S. The Labute approximate surface area is 266 Å². The van der Waals surface area contributed by atoms with E-state index in [2.05, 4.69) is 64.1 Å². The zero-order valence-corrected chi connectivity index (χ0v) is 25.8. The van der Waals surface area contributed by atoms with Crippen LogP contribution in [-0.2, 0) is 6.61 Å². The van der Waals surface area contributed by atoms with Gasteiger partial charge in [0.05, 0.1) is 18.5 Å². The van der Waals surface area contributed by atoms with Gasteiger partial charge in [0.1, 0.15) is 6.61 Å². The summed E-state index contributed by atoms with van der Waals surface area (Å²) in [5.41, 5.74) is 8.94. The first-order chi connectivity index (χ1) is 22.1. The molecule has 0 aliphatic heterocycles. The molecule has 224 valence electrons. The third-order valence-electron chi connectivity index (χ3n) is 7.16. The lowest BCUT2D eigenvalue weighted by atomic mass is 10.1. The van der Waals surface area contributed by atoms with Gasteiger partial charge in [-0.15, -0.1) is 11.3 Å². The number of rotatable bonds is 11. The molecule has 5 aromatic carbocycles. The summed E-state index contributed by atoms with van der Waals surface area (Å²) in [4.78, 5) is 17.4. The first kappa shape index (κ1) is 29.6. The highest BCUT2D eigenvalue weighted by Gasteiger charge is 2.10. The molecule has 0 aliphatic rings. The lowest BCUT2D eigenvalue weighted by Crippen LogP contribution is -2.17. The maximum absolute atomic E-state index is 12.8. The highest BCUT2D eigenvalue weighted by Crippen LogP contribution is 2.30. The van der Waals surface area contributed by atoms with Crippen molar-refractivity contribution in [3.05, 3.63) is 137 Å². The minimum atomic E-state index is -0.308. The van der Waals surface area contributed by atoms with Crippen LogP contribution in [0.25, 0.3) is 22.0 Å².